The molecule has 0 unspecified atom stereocenters. The van der Waals surface area contributed by atoms with Crippen LogP contribution in [-0.2, 0) is 6.54 Å². The molecule has 9 heteroatoms. The standard InChI is InChI=1S/C19H17N5O3S/c1-27-16-5-3-2-4-12(16)14-10-15(23-22-14)18(25)20-7-8-24-11-21-13-6-9-28-17(13)19(24)26/h2-6,9-11H,7-8H2,1H3,(H,20,25)(H,22,23). The third kappa shape index (κ3) is 3.39. The average molecular weight is 395 g/mol. The summed E-state index contributed by atoms with van der Waals surface area (Å²) < 4.78 is 7.43. The van der Waals surface area contributed by atoms with E-state index in [0.717, 1.165) is 5.56 Å². The number of amides is 1. The number of hydrogen-bond donors (Lipinski definition) is 2. The van der Waals surface area contributed by atoms with Crippen molar-refractivity contribution in [3.05, 3.63) is 64.2 Å². The molecule has 0 saturated carbocycles. The summed E-state index contributed by atoms with van der Waals surface area (Å²) in [6.07, 6.45) is 1.50. The van der Waals surface area contributed by atoms with E-state index in [1.807, 2.05) is 35.7 Å². The van der Waals surface area contributed by atoms with E-state index in [-0.39, 0.29) is 11.5 Å². The first kappa shape index (κ1) is 17.9. The number of thiophene rings is 1. The lowest BCUT2D eigenvalue weighted by Gasteiger charge is -2.06. The summed E-state index contributed by atoms with van der Waals surface area (Å²) in [6.45, 7) is 0.624. The Morgan fingerprint density at radius 1 is 1.32 bits per heavy atom. The summed E-state index contributed by atoms with van der Waals surface area (Å²) >= 11 is 1.36. The van der Waals surface area contributed by atoms with E-state index in [4.69, 9.17) is 4.74 Å². The van der Waals surface area contributed by atoms with Gasteiger partial charge in [0.25, 0.3) is 11.5 Å². The number of nitrogens with one attached hydrogen (secondary N) is 2. The number of aromatic nitrogens is 4. The molecule has 3 aromatic heterocycles. The van der Waals surface area contributed by atoms with E-state index in [9.17, 15) is 9.59 Å². The molecule has 3 heterocycles. The fourth-order valence-corrected chi connectivity index (χ4v) is 3.65. The number of carbonyl (C=O) groups excluding carboxylic acids is 1. The topological polar surface area (TPSA) is 102 Å². The highest BCUT2D eigenvalue weighted by Crippen LogP contribution is 2.28. The van der Waals surface area contributed by atoms with Gasteiger partial charge in [-0.25, -0.2) is 4.98 Å². The molecule has 142 valence electrons. The highest BCUT2D eigenvalue weighted by atomic mass is 32.1. The maximum atomic E-state index is 12.4. The van der Waals surface area contributed by atoms with Gasteiger partial charge in [-0.2, -0.15) is 5.10 Å². The van der Waals surface area contributed by atoms with Crippen molar-refractivity contribution in [2.45, 2.75) is 6.54 Å². The van der Waals surface area contributed by atoms with Gasteiger partial charge in [0.2, 0.25) is 0 Å². The largest absolute Gasteiger partial charge is 0.496 e. The minimum Gasteiger partial charge on any atom is -0.496 e. The zero-order valence-electron chi connectivity index (χ0n) is 15.0. The lowest BCUT2D eigenvalue weighted by molar-refractivity contribution is 0.0947. The molecule has 0 spiro atoms. The van der Waals surface area contributed by atoms with Crippen LogP contribution in [0.5, 0.6) is 5.75 Å². The number of para-hydroxylation sites is 1. The number of hydrogen-bond acceptors (Lipinski definition) is 6. The molecule has 2 N–H and O–H groups in total. The number of fused-ring (bicyclic) bond motifs is 1. The zero-order valence-corrected chi connectivity index (χ0v) is 15.8. The molecule has 0 aliphatic heterocycles. The van der Waals surface area contributed by atoms with E-state index in [2.05, 4.69) is 20.5 Å². The fourth-order valence-electron chi connectivity index (χ4n) is 2.86. The molecular weight excluding hydrogens is 378 g/mol. The normalized spacial score (nSPS) is 10.9. The van der Waals surface area contributed by atoms with Gasteiger partial charge < -0.3 is 10.1 Å². The molecule has 28 heavy (non-hydrogen) atoms. The van der Waals surface area contributed by atoms with Crippen LogP contribution < -0.4 is 15.6 Å². The van der Waals surface area contributed by atoms with Crippen LogP contribution in [0.1, 0.15) is 10.5 Å². The third-order valence-corrected chi connectivity index (χ3v) is 5.17. The van der Waals surface area contributed by atoms with Gasteiger partial charge in [0.15, 0.2) is 0 Å². The summed E-state index contributed by atoms with van der Waals surface area (Å²) in [7, 11) is 1.59. The van der Waals surface area contributed by atoms with E-state index < -0.39 is 0 Å². The number of H-pyrrole nitrogens is 1. The molecule has 0 fully saturated rings. The molecule has 0 bridgehead atoms. The van der Waals surface area contributed by atoms with Crippen LogP contribution in [0.15, 0.2) is 52.9 Å². The Bertz CT molecular complexity index is 1190. The Labute approximate surface area is 163 Å². The number of carbonyl (C=O) groups is 1. The van der Waals surface area contributed by atoms with E-state index in [1.54, 1.807) is 13.2 Å². The van der Waals surface area contributed by atoms with E-state index in [1.165, 1.54) is 22.2 Å². The SMILES string of the molecule is COc1ccccc1-c1cc(C(=O)NCCn2cnc3ccsc3c2=O)[nH]n1. The van der Waals surface area contributed by atoms with Crippen LogP contribution >= 0.6 is 11.3 Å². The quantitative estimate of drug-likeness (QED) is 0.522. The molecule has 4 aromatic rings. The molecule has 0 aliphatic carbocycles. The smallest absolute Gasteiger partial charge is 0.271 e. The Hall–Kier alpha value is -3.46. The maximum Gasteiger partial charge on any atom is 0.271 e. The Morgan fingerprint density at radius 2 is 2.18 bits per heavy atom. The van der Waals surface area contributed by atoms with Gasteiger partial charge in [-0.05, 0) is 29.6 Å². The number of nitrogens with zero attached hydrogens (tertiary/aromatic N) is 3. The second kappa shape index (κ2) is 7.65. The molecule has 0 radical (unpaired) electrons. The first-order valence-corrected chi connectivity index (χ1v) is 9.45. The molecule has 0 aliphatic rings. The first-order valence-electron chi connectivity index (χ1n) is 8.57. The van der Waals surface area contributed by atoms with Crippen LogP contribution in [0.2, 0.25) is 0 Å². The summed E-state index contributed by atoms with van der Waals surface area (Å²) in [5.74, 6) is 0.378. The summed E-state index contributed by atoms with van der Waals surface area (Å²) in [4.78, 5) is 29.0. The van der Waals surface area contributed by atoms with Crippen molar-refractivity contribution in [2.75, 3.05) is 13.7 Å². The predicted molar refractivity (Wildman–Crippen MR) is 107 cm³/mol. The van der Waals surface area contributed by atoms with Gasteiger partial charge in [0, 0.05) is 18.7 Å². The predicted octanol–water partition coefficient (Wildman–Crippen LogP) is 2.29. The van der Waals surface area contributed by atoms with Gasteiger partial charge in [0.1, 0.15) is 16.1 Å². The van der Waals surface area contributed by atoms with Gasteiger partial charge in [-0.1, -0.05) is 12.1 Å². The summed E-state index contributed by atoms with van der Waals surface area (Å²) in [6, 6.07) is 10.9. The minimum absolute atomic E-state index is 0.103. The highest BCUT2D eigenvalue weighted by Gasteiger charge is 2.13. The summed E-state index contributed by atoms with van der Waals surface area (Å²) in [5, 5.41) is 11.6. The molecular formula is C19H17N5O3S. The molecule has 1 amide bonds. The van der Waals surface area contributed by atoms with Crippen molar-refractivity contribution in [2.24, 2.45) is 0 Å². The van der Waals surface area contributed by atoms with E-state index in [0.29, 0.717) is 40.4 Å². The lowest BCUT2D eigenvalue weighted by Crippen LogP contribution is -2.31. The zero-order chi connectivity index (χ0) is 19.5. The second-order valence-electron chi connectivity index (χ2n) is 6.00. The van der Waals surface area contributed by atoms with Crippen molar-refractivity contribution < 1.29 is 9.53 Å². The van der Waals surface area contributed by atoms with Crippen molar-refractivity contribution in [1.82, 2.24) is 25.1 Å². The van der Waals surface area contributed by atoms with Gasteiger partial charge >= 0.3 is 0 Å². The molecule has 4 rings (SSSR count). The number of ether oxygens (including phenoxy) is 1. The van der Waals surface area contributed by atoms with Crippen molar-refractivity contribution in [3.8, 4) is 17.0 Å². The van der Waals surface area contributed by atoms with Gasteiger partial charge in [0.05, 0.1) is 24.6 Å². The van der Waals surface area contributed by atoms with Crippen LogP contribution in [0.25, 0.3) is 21.5 Å². The lowest BCUT2D eigenvalue weighted by atomic mass is 10.1. The van der Waals surface area contributed by atoms with Crippen molar-refractivity contribution in [3.63, 3.8) is 0 Å². The molecule has 0 atom stereocenters. The monoisotopic (exact) mass is 395 g/mol. The highest BCUT2D eigenvalue weighted by molar-refractivity contribution is 7.17. The molecule has 0 saturated heterocycles. The Kier molecular flexibility index (Phi) is 4.90. The van der Waals surface area contributed by atoms with Crippen molar-refractivity contribution in [1.29, 1.82) is 0 Å². The number of benzene rings is 1. The van der Waals surface area contributed by atoms with E-state index >= 15 is 0 Å². The number of rotatable bonds is 6. The second-order valence-corrected chi connectivity index (χ2v) is 6.92. The summed E-state index contributed by atoms with van der Waals surface area (Å²) in [5.41, 5.74) is 2.33. The van der Waals surface area contributed by atoms with Gasteiger partial charge in [-0.15, -0.1) is 11.3 Å². The fraction of sp³-hybridized carbons (Fsp3) is 0.158. The third-order valence-electron chi connectivity index (χ3n) is 4.28. The maximum absolute atomic E-state index is 12.4. The average Bonchev–Trinajstić information content (AvgIpc) is 3.39. The van der Waals surface area contributed by atoms with Crippen LogP contribution in [-0.4, -0.2) is 39.3 Å². The van der Waals surface area contributed by atoms with Crippen LogP contribution in [0.3, 0.4) is 0 Å². The van der Waals surface area contributed by atoms with Gasteiger partial charge in [-0.3, -0.25) is 19.3 Å². The van der Waals surface area contributed by atoms with Crippen LogP contribution in [0.4, 0.5) is 0 Å². The molecule has 8 nitrogen and oxygen atoms in total. The first-order chi connectivity index (χ1) is 13.7. The number of methoxy groups -OCH3 is 1. The van der Waals surface area contributed by atoms with Crippen molar-refractivity contribution >= 4 is 27.5 Å². The van der Waals surface area contributed by atoms with Crippen LogP contribution in [0, 0.1) is 0 Å². The Balaban J connectivity index is 1.42. The molecule has 1 aromatic carbocycles. The Morgan fingerprint density at radius 3 is 3.04 bits per heavy atom. The minimum atomic E-state index is -0.299. The number of aromatic amines is 1.